The monoisotopic (exact) mass is 649 g/mol. The second-order valence-electron chi connectivity index (χ2n) is 16.2. The molecule has 0 aromatic carbocycles. The van der Waals surface area contributed by atoms with Crippen LogP contribution in [-0.4, -0.2) is 71.9 Å². The summed E-state index contributed by atoms with van der Waals surface area (Å²) >= 11 is 0. The number of hydrogen-bond donors (Lipinski definition) is 0. The molecule has 2 rings (SSSR count). The molecule has 1 saturated heterocycles. The quantitative estimate of drug-likeness (QED) is 0.179. The molecule has 260 valence electrons. The molecule has 1 amide bonds. The first kappa shape index (κ1) is 39.0. The van der Waals surface area contributed by atoms with E-state index in [2.05, 4.69) is 6.58 Å². The molecule has 0 aromatic rings. The number of allylic oxidation sites excluding steroid dienone is 2. The van der Waals surface area contributed by atoms with E-state index in [-0.39, 0.29) is 18.2 Å². The summed E-state index contributed by atoms with van der Waals surface area (Å²) in [5.74, 6) is -2.87. The number of carbonyl (C=O) groups is 5. The first-order valence-electron chi connectivity index (χ1n) is 15.9. The Balaban J connectivity index is 2.75. The summed E-state index contributed by atoms with van der Waals surface area (Å²) < 4.78 is 30.1. The average molecular weight is 650 g/mol. The standard InChI is InChI=1S/C35H55NO10/c1-14-15-16-21-17-18-36(23(37)19-21)27-26(46-31(41)35(11,12)13)25(45-30(40)34(8,9)10)24(44-29(39)33(5,6)7)22(43-27)20-42-28(38)32(2,3)4/h14,17-18,21-22,24-27H,1,15-16,19-20H2,2-13H3/t21-,22+,24-,25-,26+,27+/m0/s1. The van der Waals surface area contributed by atoms with Gasteiger partial charge >= 0.3 is 23.9 Å². The van der Waals surface area contributed by atoms with E-state index in [0.717, 1.165) is 12.8 Å². The third kappa shape index (κ3) is 10.4. The van der Waals surface area contributed by atoms with Gasteiger partial charge in [-0.1, -0.05) is 12.2 Å². The van der Waals surface area contributed by atoms with Crippen LogP contribution < -0.4 is 0 Å². The summed E-state index contributed by atoms with van der Waals surface area (Å²) in [6.07, 6.45) is 0.0969. The van der Waals surface area contributed by atoms with Gasteiger partial charge in [-0.3, -0.25) is 28.9 Å². The number of ether oxygens (including phenoxy) is 5. The second kappa shape index (κ2) is 14.7. The second-order valence-corrected chi connectivity index (χ2v) is 16.2. The molecule has 0 spiro atoms. The van der Waals surface area contributed by atoms with Gasteiger partial charge in [-0.05, 0) is 102 Å². The first-order valence-corrected chi connectivity index (χ1v) is 15.9. The van der Waals surface area contributed by atoms with Crippen molar-refractivity contribution in [2.75, 3.05) is 6.61 Å². The number of hydrogen-bond acceptors (Lipinski definition) is 10. The van der Waals surface area contributed by atoms with Crippen LogP contribution >= 0.6 is 0 Å². The summed E-state index contributed by atoms with van der Waals surface area (Å²) in [5.41, 5.74) is -3.83. The van der Waals surface area contributed by atoms with Gasteiger partial charge < -0.3 is 23.7 Å². The maximum Gasteiger partial charge on any atom is 0.311 e. The fourth-order valence-corrected chi connectivity index (χ4v) is 4.38. The molecule has 0 aliphatic carbocycles. The van der Waals surface area contributed by atoms with Crippen LogP contribution in [0.15, 0.2) is 24.9 Å². The van der Waals surface area contributed by atoms with E-state index in [0.29, 0.717) is 0 Å². The molecule has 1 fully saturated rings. The van der Waals surface area contributed by atoms with Gasteiger partial charge in [0.1, 0.15) is 12.7 Å². The van der Waals surface area contributed by atoms with E-state index in [1.165, 1.54) is 4.90 Å². The zero-order valence-corrected chi connectivity index (χ0v) is 29.8. The molecule has 11 nitrogen and oxygen atoms in total. The van der Waals surface area contributed by atoms with Gasteiger partial charge in [0.15, 0.2) is 24.5 Å². The third-order valence-corrected chi connectivity index (χ3v) is 7.43. The van der Waals surface area contributed by atoms with Crippen LogP contribution in [0.2, 0.25) is 0 Å². The van der Waals surface area contributed by atoms with Crippen molar-refractivity contribution in [1.82, 2.24) is 4.90 Å². The Bertz CT molecular complexity index is 1180. The van der Waals surface area contributed by atoms with E-state index in [1.54, 1.807) is 95.4 Å². The van der Waals surface area contributed by atoms with Gasteiger partial charge in [0.2, 0.25) is 5.91 Å². The van der Waals surface area contributed by atoms with Gasteiger partial charge in [0.25, 0.3) is 0 Å². The molecular formula is C35H55NO10. The molecule has 2 aliphatic rings. The zero-order chi connectivity index (χ0) is 35.4. The Morgan fingerprint density at radius 3 is 1.67 bits per heavy atom. The minimum Gasteiger partial charge on any atom is -0.462 e. The molecular weight excluding hydrogens is 594 g/mol. The van der Waals surface area contributed by atoms with Crippen molar-refractivity contribution >= 4 is 29.8 Å². The molecule has 46 heavy (non-hydrogen) atoms. The molecule has 6 atom stereocenters. The van der Waals surface area contributed by atoms with Crippen molar-refractivity contribution < 1.29 is 47.7 Å². The Hall–Kier alpha value is -3.21. The molecule has 0 radical (unpaired) electrons. The van der Waals surface area contributed by atoms with Crippen LogP contribution in [0, 0.1) is 27.6 Å². The summed E-state index contributed by atoms with van der Waals surface area (Å²) in [4.78, 5) is 68.0. The molecule has 2 aliphatic heterocycles. The van der Waals surface area contributed by atoms with Gasteiger partial charge in [-0.2, -0.15) is 0 Å². The summed E-state index contributed by atoms with van der Waals surface area (Å²) in [7, 11) is 0. The number of carbonyl (C=O) groups excluding carboxylic acids is 5. The smallest absolute Gasteiger partial charge is 0.311 e. The first-order chi connectivity index (χ1) is 20.9. The van der Waals surface area contributed by atoms with Crippen molar-refractivity contribution in [3.05, 3.63) is 24.9 Å². The summed E-state index contributed by atoms with van der Waals surface area (Å²) in [5, 5.41) is 0. The lowest BCUT2D eigenvalue weighted by molar-refractivity contribution is -0.278. The number of amides is 1. The highest BCUT2D eigenvalue weighted by Gasteiger charge is 2.56. The maximum absolute atomic E-state index is 13.6. The maximum atomic E-state index is 13.6. The highest BCUT2D eigenvalue weighted by Crippen LogP contribution is 2.36. The topological polar surface area (TPSA) is 135 Å². The Kier molecular flexibility index (Phi) is 12.4. The third-order valence-electron chi connectivity index (χ3n) is 7.43. The molecule has 0 saturated carbocycles. The molecule has 0 N–H and O–H groups in total. The van der Waals surface area contributed by atoms with E-state index in [4.69, 9.17) is 23.7 Å². The van der Waals surface area contributed by atoms with E-state index in [9.17, 15) is 24.0 Å². The van der Waals surface area contributed by atoms with Gasteiger partial charge in [0.05, 0.1) is 21.7 Å². The lowest BCUT2D eigenvalue weighted by Crippen LogP contribution is -2.67. The minimum atomic E-state index is -1.43. The van der Waals surface area contributed by atoms with Gasteiger partial charge in [-0.25, -0.2) is 0 Å². The minimum absolute atomic E-state index is 0.0422. The molecule has 11 heteroatoms. The fourth-order valence-electron chi connectivity index (χ4n) is 4.38. The normalized spacial score (nSPS) is 25.8. The number of nitrogens with zero attached hydrogens (tertiary/aromatic N) is 1. The van der Waals surface area contributed by atoms with Gasteiger partial charge in [0, 0.05) is 12.6 Å². The van der Waals surface area contributed by atoms with Crippen LogP contribution in [0.1, 0.15) is 102 Å². The Labute approximate surface area is 274 Å². The lowest BCUT2D eigenvalue weighted by Gasteiger charge is -2.48. The Morgan fingerprint density at radius 2 is 1.24 bits per heavy atom. The van der Waals surface area contributed by atoms with Crippen molar-refractivity contribution in [1.29, 1.82) is 0 Å². The van der Waals surface area contributed by atoms with Crippen LogP contribution in [0.25, 0.3) is 0 Å². The molecule has 0 bridgehead atoms. The average Bonchev–Trinajstić information content (AvgIpc) is 2.90. The van der Waals surface area contributed by atoms with E-state index < -0.39 is 82.8 Å². The molecule has 0 aromatic heterocycles. The molecule has 2 heterocycles. The largest absolute Gasteiger partial charge is 0.462 e. The zero-order valence-electron chi connectivity index (χ0n) is 29.8. The van der Waals surface area contributed by atoms with Gasteiger partial charge in [-0.15, -0.1) is 6.58 Å². The van der Waals surface area contributed by atoms with E-state index in [1.807, 2.05) is 6.08 Å². The van der Waals surface area contributed by atoms with E-state index >= 15 is 0 Å². The fraction of sp³-hybridized carbons (Fsp3) is 0.743. The highest BCUT2D eigenvalue weighted by molar-refractivity contribution is 5.80. The highest BCUT2D eigenvalue weighted by atomic mass is 16.7. The SMILES string of the molecule is C=CCC[C@H]1C=CN([C@@H]2O[C@H](COC(=O)C(C)(C)C)[C@H](OC(=O)C(C)(C)C)[C@H](OC(=O)C(C)(C)C)[C@H]2OC(=O)C(C)(C)C)C(=O)C1. The van der Waals surface area contributed by atoms with Crippen LogP contribution in [0.5, 0.6) is 0 Å². The van der Waals surface area contributed by atoms with Crippen LogP contribution in [0.3, 0.4) is 0 Å². The summed E-state index contributed by atoms with van der Waals surface area (Å²) in [6, 6.07) is 0. The van der Waals surface area contributed by atoms with Crippen molar-refractivity contribution in [3.8, 4) is 0 Å². The van der Waals surface area contributed by atoms with Crippen LogP contribution in [-0.2, 0) is 47.7 Å². The lowest BCUT2D eigenvalue weighted by atomic mass is 9.91. The molecule has 0 unspecified atom stereocenters. The number of rotatable bonds is 9. The Morgan fingerprint density at radius 1 is 0.783 bits per heavy atom. The predicted octanol–water partition coefficient (Wildman–Crippen LogP) is 5.50. The number of esters is 4. The van der Waals surface area contributed by atoms with Crippen molar-refractivity contribution in [2.45, 2.75) is 133 Å². The van der Waals surface area contributed by atoms with Crippen molar-refractivity contribution in [3.63, 3.8) is 0 Å². The summed E-state index contributed by atoms with van der Waals surface area (Å²) in [6.45, 7) is 23.3. The predicted molar refractivity (Wildman–Crippen MR) is 171 cm³/mol. The van der Waals surface area contributed by atoms with Crippen molar-refractivity contribution in [2.24, 2.45) is 27.6 Å². The van der Waals surface area contributed by atoms with Crippen LogP contribution in [0.4, 0.5) is 0 Å².